The summed E-state index contributed by atoms with van der Waals surface area (Å²) in [7, 11) is 0. The molecular formula is C23H30O3. The van der Waals surface area contributed by atoms with Crippen LogP contribution in [0, 0.1) is 5.41 Å². The lowest BCUT2D eigenvalue weighted by molar-refractivity contribution is -0.169. The second-order valence-electron chi connectivity index (χ2n) is 8.05. The van der Waals surface area contributed by atoms with Crippen LogP contribution in [0.3, 0.4) is 0 Å². The van der Waals surface area contributed by atoms with Crippen molar-refractivity contribution in [1.29, 1.82) is 0 Å². The molecule has 3 nitrogen and oxygen atoms in total. The highest BCUT2D eigenvalue weighted by Crippen LogP contribution is 2.37. The molecule has 0 fully saturated rings. The molecule has 26 heavy (non-hydrogen) atoms. The van der Waals surface area contributed by atoms with E-state index in [1.165, 1.54) is 0 Å². The average molecular weight is 354 g/mol. The van der Waals surface area contributed by atoms with E-state index in [-0.39, 0.29) is 17.6 Å². The van der Waals surface area contributed by atoms with E-state index in [2.05, 4.69) is 6.92 Å². The Morgan fingerprint density at radius 2 is 1.58 bits per heavy atom. The minimum Gasteiger partial charge on any atom is -0.508 e. The number of hydrogen-bond donors (Lipinski definition) is 1. The van der Waals surface area contributed by atoms with Crippen molar-refractivity contribution in [2.45, 2.75) is 59.0 Å². The van der Waals surface area contributed by atoms with E-state index in [1.807, 2.05) is 70.2 Å². The SMILES string of the molecule is CCC(CC(C)(C)C(=O)OC(C)(C)c1ccccc1)c1ccc(O)cc1. The van der Waals surface area contributed by atoms with Crippen molar-refractivity contribution in [3.63, 3.8) is 0 Å². The van der Waals surface area contributed by atoms with Gasteiger partial charge in [0.05, 0.1) is 5.41 Å². The fourth-order valence-corrected chi connectivity index (χ4v) is 3.21. The van der Waals surface area contributed by atoms with E-state index in [9.17, 15) is 9.90 Å². The molecule has 0 saturated heterocycles. The molecule has 0 aliphatic carbocycles. The Morgan fingerprint density at radius 1 is 1.00 bits per heavy atom. The maximum absolute atomic E-state index is 12.9. The Hall–Kier alpha value is -2.29. The van der Waals surface area contributed by atoms with Crippen LogP contribution in [0.5, 0.6) is 5.75 Å². The van der Waals surface area contributed by atoms with Gasteiger partial charge in [-0.15, -0.1) is 0 Å². The van der Waals surface area contributed by atoms with Crippen LogP contribution in [-0.2, 0) is 15.1 Å². The highest BCUT2D eigenvalue weighted by atomic mass is 16.6. The van der Waals surface area contributed by atoms with Crippen LogP contribution in [0.1, 0.15) is 64.5 Å². The predicted octanol–water partition coefficient (Wildman–Crippen LogP) is 5.78. The molecule has 1 atom stereocenters. The van der Waals surface area contributed by atoms with Crippen molar-refractivity contribution in [3.05, 3.63) is 65.7 Å². The first-order valence-corrected chi connectivity index (χ1v) is 9.23. The summed E-state index contributed by atoms with van der Waals surface area (Å²) in [5.41, 5.74) is 0.837. The number of phenols is 1. The first-order valence-electron chi connectivity index (χ1n) is 9.23. The van der Waals surface area contributed by atoms with Gasteiger partial charge in [-0.1, -0.05) is 49.4 Å². The summed E-state index contributed by atoms with van der Waals surface area (Å²) in [6, 6.07) is 17.1. The van der Waals surface area contributed by atoms with Crippen molar-refractivity contribution >= 4 is 5.97 Å². The van der Waals surface area contributed by atoms with Gasteiger partial charge in [0, 0.05) is 0 Å². The van der Waals surface area contributed by atoms with E-state index in [0.717, 1.165) is 17.5 Å². The average Bonchev–Trinajstić information content (AvgIpc) is 2.61. The number of phenolic OH excluding ortho intramolecular Hbond substituents is 1. The molecule has 3 heteroatoms. The third-order valence-electron chi connectivity index (χ3n) is 4.98. The maximum Gasteiger partial charge on any atom is 0.312 e. The molecule has 0 amide bonds. The van der Waals surface area contributed by atoms with Crippen LogP contribution in [0.4, 0.5) is 0 Å². The monoisotopic (exact) mass is 354 g/mol. The normalized spacial score (nSPS) is 13.3. The lowest BCUT2D eigenvalue weighted by Gasteiger charge is -2.33. The van der Waals surface area contributed by atoms with Crippen molar-refractivity contribution in [1.82, 2.24) is 0 Å². The van der Waals surface area contributed by atoms with E-state index < -0.39 is 11.0 Å². The lowest BCUT2D eigenvalue weighted by Crippen LogP contribution is -2.35. The number of aromatic hydroxyl groups is 1. The van der Waals surface area contributed by atoms with E-state index in [1.54, 1.807) is 12.1 Å². The molecule has 0 spiro atoms. The van der Waals surface area contributed by atoms with Gasteiger partial charge < -0.3 is 9.84 Å². The molecule has 0 aliphatic rings. The van der Waals surface area contributed by atoms with Crippen LogP contribution >= 0.6 is 0 Å². The fraction of sp³-hybridized carbons (Fsp3) is 0.435. The van der Waals surface area contributed by atoms with Gasteiger partial charge in [0.1, 0.15) is 11.4 Å². The van der Waals surface area contributed by atoms with Crippen molar-refractivity contribution in [3.8, 4) is 5.75 Å². The summed E-state index contributed by atoms with van der Waals surface area (Å²) in [5.74, 6) is 0.299. The van der Waals surface area contributed by atoms with Crippen LogP contribution in [-0.4, -0.2) is 11.1 Å². The Kier molecular flexibility index (Phi) is 6.12. The first-order chi connectivity index (χ1) is 12.2. The quantitative estimate of drug-likeness (QED) is 0.641. The van der Waals surface area contributed by atoms with Gasteiger partial charge in [-0.25, -0.2) is 0 Å². The van der Waals surface area contributed by atoms with Crippen molar-refractivity contribution in [2.24, 2.45) is 5.41 Å². The zero-order valence-electron chi connectivity index (χ0n) is 16.5. The Bertz CT molecular complexity index is 715. The van der Waals surface area contributed by atoms with E-state index in [4.69, 9.17) is 4.74 Å². The van der Waals surface area contributed by atoms with Crippen LogP contribution in [0.25, 0.3) is 0 Å². The minimum absolute atomic E-state index is 0.191. The number of hydrogen-bond acceptors (Lipinski definition) is 3. The van der Waals surface area contributed by atoms with Gasteiger partial charge in [0.25, 0.3) is 0 Å². The van der Waals surface area contributed by atoms with Crippen molar-refractivity contribution < 1.29 is 14.6 Å². The minimum atomic E-state index is -0.671. The molecule has 1 unspecified atom stereocenters. The van der Waals surface area contributed by atoms with Crippen LogP contribution in [0.15, 0.2) is 54.6 Å². The van der Waals surface area contributed by atoms with Gasteiger partial charge in [0.2, 0.25) is 0 Å². The lowest BCUT2D eigenvalue weighted by atomic mass is 9.78. The summed E-state index contributed by atoms with van der Waals surface area (Å²) < 4.78 is 5.91. The second-order valence-corrected chi connectivity index (χ2v) is 8.05. The van der Waals surface area contributed by atoms with Gasteiger partial charge in [0.15, 0.2) is 0 Å². The third-order valence-corrected chi connectivity index (χ3v) is 4.98. The summed E-state index contributed by atoms with van der Waals surface area (Å²) in [6.07, 6.45) is 1.61. The molecule has 0 saturated carbocycles. The van der Waals surface area contributed by atoms with Gasteiger partial charge in [-0.05, 0) is 69.7 Å². The van der Waals surface area contributed by atoms with Crippen LogP contribution < -0.4 is 0 Å². The van der Waals surface area contributed by atoms with Gasteiger partial charge in [-0.3, -0.25) is 4.79 Å². The first kappa shape index (κ1) is 20.0. The molecule has 2 rings (SSSR count). The fourth-order valence-electron chi connectivity index (χ4n) is 3.21. The van der Waals surface area contributed by atoms with Gasteiger partial charge in [-0.2, -0.15) is 0 Å². The van der Waals surface area contributed by atoms with Crippen LogP contribution in [0.2, 0.25) is 0 Å². The molecule has 2 aromatic rings. The number of benzene rings is 2. The smallest absolute Gasteiger partial charge is 0.312 e. The molecule has 0 aromatic heterocycles. The van der Waals surface area contributed by atoms with E-state index in [0.29, 0.717) is 6.42 Å². The molecule has 1 N–H and O–H groups in total. The largest absolute Gasteiger partial charge is 0.508 e. The standard InChI is InChI=1S/C23H30O3/c1-6-17(18-12-14-20(24)15-13-18)16-22(2,3)21(25)26-23(4,5)19-10-8-7-9-11-19/h7-15,17,24H,6,16H2,1-5H3. The Labute approximate surface area is 157 Å². The van der Waals surface area contributed by atoms with Gasteiger partial charge >= 0.3 is 5.97 Å². The number of carbonyl (C=O) groups is 1. The molecule has 0 heterocycles. The summed E-state index contributed by atoms with van der Waals surface area (Å²) >= 11 is 0. The Morgan fingerprint density at radius 3 is 2.12 bits per heavy atom. The number of ether oxygens (including phenoxy) is 1. The second kappa shape index (κ2) is 7.94. The maximum atomic E-state index is 12.9. The highest BCUT2D eigenvalue weighted by Gasteiger charge is 2.36. The van der Waals surface area contributed by atoms with E-state index >= 15 is 0 Å². The number of rotatable bonds is 7. The molecule has 2 aromatic carbocycles. The zero-order chi connectivity index (χ0) is 19.4. The predicted molar refractivity (Wildman–Crippen MR) is 105 cm³/mol. The molecule has 140 valence electrons. The molecule has 0 bridgehead atoms. The summed E-state index contributed by atoms with van der Waals surface area (Å²) in [6.45, 7) is 9.85. The number of esters is 1. The topological polar surface area (TPSA) is 46.5 Å². The molecule has 0 radical (unpaired) electrons. The molecular weight excluding hydrogens is 324 g/mol. The summed E-state index contributed by atoms with van der Waals surface area (Å²) in [4.78, 5) is 12.9. The number of carbonyl (C=O) groups excluding carboxylic acids is 1. The highest BCUT2D eigenvalue weighted by molar-refractivity contribution is 5.76. The van der Waals surface area contributed by atoms with Crippen molar-refractivity contribution in [2.75, 3.05) is 0 Å². The zero-order valence-corrected chi connectivity index (χ0v) is 16.5. The molecule has 0 aliphatic heterocycles. The summed E-state index contributed by atoms with van der Waals surface area (Å²) in [5, 5.41) is 9.49. The third kappa shape index (κ3) is 4.87. The Balaban J connectivity index is 2.12.